The Hall–Kier alpha value is -3.95. The van der Waals surface area contributed by atoms with E-state index in [2.05, 4.69) is 0 Å². The van der Waals surface area contributed by atoms with E-state index in [1.165, 1.54) is 4.68 Å². The third kappa shape index (κ3) is 6.11. The summed E-state index contributed by atoms with van der Waals surface area (Å²) in [6.45, 7) is 3.34. The molecular weight excluding hydrogens is 506 g/mol. The number of carbonyl (C=O) groups excluding carboxylic acids is 1. The Labute approximate surface area is 234 Å². The van der Waals surface area contributed by atoms with Gasteiger partial charge in [-0.25, -0.2) is 0 Å². The van der Waals surface area contributed by atoms with Gasteiger partial charge in [0, 0.05) is 0 Å². The van der Waals surface area contributed by atoms with Gasteiger partial charge in [-0.1, -0.05) is 91.0 Å². The number of nitrogens with zero attached hydrogens (tertiary/aromatic N) is 1. The fraction of sp³-hybridized carbons (Fsp3) is 0.281. The monoisotopic (exact) mass is 541 g/mol. The molecule has 0 saturated carbocycles. The van der Waals surface area contributed by atoms with Crippen LogP contribution in [0.25, 0.3) is 0 Å². The number of hydrogen-bond acceptors (Lipinski definition) is 6. The summed E-state index contributed by atoms with van der Waals surface area (Å²) in [5.74, 6) is 5.73. The van der Waals surface area contributed by atoms with Gasteiger partial charge in [-0.05, 0) is 35.7 Å². The van der Waals surface area contributed by atoms with Crippen LogP contribution in [0.15, 0.2) is 103 Å². The molecule has 4 aromatic rings. The van der Waals surface area contributed by atoms with Crippen molar-refractivity contribution in [3.8, 4) is 0 Å². The van der Waals surface area contributed by atoms with E-state index in [0.29, 0.717) is 25.5 Å². The molecule has 40 heavy (non-hydrogen) atoms. The molecule has 0 spiro atoms. The average molecular weight is 542 g/mol. The first-order valence-corrected chi connectivity index (χ1v) is 13.3. The molecule has 4 N–H and O–H groups in total. The molecule has 0 aliphatic carbocycles. The molecule has 0 unspecified atom stereocenters. The summed E-state index contributed by atoms with van der Waals surface area (Å²) in [6, 6.07) is 33.2. The quantitative estimate of drug-likeness (QED) is 0.255. The van der Waals surface area contributed by atoms with Crippen molar-refractivity contribution in [2.24, 2.45) is 5.73 Å². The molecule has 0 bridgehead atoms. The van der Waals surface area contributed by atoms with Gasteiger partial charge in [-0.3, -0.25) is 9.47 Å². The lowest BCUT2D eigenvalue weighted by Gasteiger charge is -2.35. The lowest BCUT2D eigenvalue weighted by Crippen LogP contribution is -2.48. The highest BCUT2D eigenvalue weighted by molar-refractivity contribution is 5.91. The van der Waals surface area contributed by atoms with Crippen molar-refractivity contribution in [3.63, 3.8) is 0 Å². The van der Waals surface area contributed by atoms with Gasteiger partial charge in [-0.2, -0.15) is 0 Å². The van der Waals surface area contributed by atoms with Crippen molar-refractivity contribution in [1.82, 2.24) is 4.68 Å². The molecule has 1 amide bonds. The van der Waals surface area contributed by atoms with Crippen LogP contribution in [-0.4, -0.2) is 35.0 Å². The highest BCUT2D eigenvalue weighted by Crippen LogP contribution is 2.46. The second-order valence-electron chi connectivity index (χ2n) is 10.1. The van der Waals surface area contributed by atoms with E-state index in [4.69, 9.17) is 30.5 Å². The molecule has 1 aromatic heterocycles. The Morgan fingerprint density at radius 1 is 0.825 bits per heavy atom. The standard InChI is InChI=1S/C32H35N3O5/c1-32(39-21-25-15-9-4-10-16-25)29(26-17-18-27(31(33)36)35(26)34)40-28(22-37-19-23-11-5-2-6-12-23)30(32)38-20-24-13-7-3-8-14-24/h2-18,28-30H,19-22,34H2,1H3,(H2,33,36)/t28-,29+,30-,32+/m1/s1. The second kappa shape index (κ2) is 12.5. The van der Waals surface area contributed by atoms with Crippen LogP contribution in [0.4, 0.5) is 0 Å². The molecule has 3 aromatic carbocycles. The van der Waals surface area contributed by atoms with Crippen molar-refractivity contribution in [3.05, 3.63) is 131 Å². The van der Waals surface area contributed by atoms with Crippen LogP contribution in [0.2, 0.25) is 0 Å². The molecule has 8 nitrogen and oxygen atoms in total. The molecule has 1 fully saturated rings. The fourth-order valence-corrected chi connectivity index (χ4v) is 5.14. The van der Waals surface area contributed by atoms with E-state index in [1.54, 1.807) is 12.1 Å². The van der Waals surface area contributed by atoms with E-state index in [-0.39, 0.29) is 12.3 Å². The van der Waals surface area contributed by atoms with E-state index in [9.17, 15) is 4.79 Å². The van der Waals surface area contributed by atoms with Gasteiger partial charge in [-0.15, -0.1) is 0 Å². The predicted octanol–water partition coefficient (Wildman–Crippen LogP) is 4.52. The second-order valence-corrected chi connectivity index (χ2v) is 10.1. The van der Waals surface area contributed by atoms with Crippen LogP contribution in [0.5, 0.6) is 0 Å². The van der Waals surface area contributed by atoms with Crippen LogP contribution >= 0.6 is 0 Å². The first kappa shape index (κ1) is 27.6. The number of aromatic nitrogens is 1. The van der Waals surface area contributed by atoms with Crippen molar-refractivity contribution < 1.29 is 23.7 Å². The van der Waals surface area contributed by atoms with E-state index >= 15 is 0 Å². The number of hydrogen-bond donors (Lipinski definition) is 2. The van der Waals surface area contributed by atoms with Crippen molar-refractivity contribution in [2.45, 2.75) is 50.7 Å². The minimum Gasteiger partial charge on any atom is -0.374 e. The maximum Gasteiger partial charge on any atom is 0.267 e. The molecule has 8 heteroatoms. The SMILES string of the molecule is C[C@@]1(OCc2ccccc2)[C@H](OCc2ccccc2)[C@@H](COCc2ccccc2)O[C@H]1c1ccc(C(N)=O)n1N. The summed E-state index contributed by atoms with van der Waals surface area (Å²) in [5, 5.41) is 0. The van der Waals surface area contributed by atoms with Crippen LogP contribution in [0, 0.1) is 0 Å². The maximum atomic E-state index is 12.0. The Morgan fingerprint density at radius 3 is 1.93 bits per heavy atom. The lowest BCUT2D eigenvalue weighted by atomic mass is 9.90. The summed E-state index contributed by atoms with van der Waals surface area (Å²) in [7, 11) is 0. The van der Waals surface area contributed by atoms with Gasteiger partial charge in [0.1, 0.15) is 29.6 Å². The van der Waals surface area contributed by atoms with Crippen LogP contribution in [0.1, 0.15) is 45.9 Å². The molecule has 4 atom stereocenters. The molecule has 5 rings (SSSR count). The number of nitrogens with two attached hydrogens (primary N) is 2. The minimum absolute atomic E-state index is 0.176. The summed E-state index contributed by atoms with van der Waals surface area (Å²) in [6.07, 6.45) is -1.67. The predicted molar refractivity (Wildman–Crippen MR) is 151 cm³/mol. The van der Waals surface area contributed by atoms with Gasteiger partial charge < -0.3 is 30.5 Å². The summed E-state index contributed by atoms with van der Waals surface area (Å²) < 4.78 is 27.3. The number of benzene rings is 3. The smallest absolute Gasteiger partial charge is 0.267 e. The maximum absolute atomic E-state index is 12.0. The number of ether oxygens (including phenoxy) is 4. The molecule has 0 radical (unpaired) electrons. The number of carbonyl (C=O) groups is 1. The van der Waals surface area contributed by atoms with Gasteiger partial charge in [0.05, 0.1) is 32.1 Å². The normalized spacial score (nSPS) is 22.4. The zero-order chi connectivity index (χ0) is 28.0. The topological polar surface area (TPSA) is 111 Å². The zero-order valence-corrected chi connectivity index (χ0v) is 22.5. The summed E-state index contributed by atoms with van der Waals surface area (Å²) >= 11 is 0. The third-order valence-corrected chi connectivity index (χ3v) is 7.26. The first-order chi connectivity index (χ1) is 19.5. The van der Waals surface area contributed by atoms with Crippen LogP contribution in [0.3, 0.4) is 0 Å². The average Bonchev–Trinajstić information content (AvgIpc) is 3.49. The fourth-order valence-electron chi connectivity index (χ4n) is 5.14. The van der Waals surface area contributed by atoms with E-state index < -0.39 is 29.8 Å². The zero-order valence-electron chi connectivity index (χ0n) is 22.5. The van der Waals surface area contributed by atoms with Crippen LogP contribution < -0.4 is 11.6 Å². The summed E-state index contributed by atoms with van der Waals surface area (Å²) in [4.78, 5) is 12.0. The first-order valence-electron chi connectivity index (χ1n) is 13.3. The Bertz CT molecular complexity index is 1380. The molecule has 1 aliphatic heterocycles. The molecule has 208 valence electrons. The Morgan fingerprint density at radius 2 is 1.38 bits per heavy atom. The highest BCUT2D eigenvalue weighted by atomic mass is 16.6. The van der Waals surface area contributed by atoms with E-state index in [0.717, 1.165) is 16.7 Å². The molecule has 1 aliphatic rings. The molecule has 1 saturated heterocycles. The van der Waals surface area contributed by atoms with E-state index in [1.807, 2.05) is 97.9 Å². The van der Waals surface area contributed by atoms with Crippen molar-refractivity contribution >= 4 is 5.91 Å². The van der Waals surface area contributed by atoms with Gasteiger partial charge >= 0.3 is 0 Å². The van der Waals surface area contributed by atoms with Crippen molar-refractivity contribution in [2.75, 3.05) is 12.4 Å². The lowest BCUT2D eigenvalue weighted by molar-refractivity contribution is -0.148. The number of nitrogen functional groups attached to an aromatic ring is 1. The van der Waals surface area contributed by atoms with Gasteiger partial charge in [0.2, 0.25) is 0 Å². The third-order valence-electron chi connectivity index (χ3n) is 7.26. The number of rotatable bonds is 12. The number of primary amides is 1. The number of amides is 1. The van der Waals surface area contributed by atoms with Crippen molar-refractivity contribution in [1.29, 1.82) is 0 Å². The van der Waals surface area contributed by atoms with Crippen LogP contribution in [-0.2, 0) is 38.8 Å². The largest absolute Gasteiger partial charge is 0.374 e. The summed E-state index contributed by atoms with van der Waals surface area (Å²) in [5.41, 5.74) is 8.40. The molecule has 2 heterocycles. The minimum atomic E-state index is -0.990. The Balaban J connectivity index is 1.46. The highest BCUT2D eigenvalue weighted by Gasteiger charge is 2.57. The van der Waals surface area contributed by atoms with Gasteiger partial charge in [0.25, 0.3) is 5.91 Å². The Kier molecular flexibility index (Phi) is 8.62. The van der Waals surface area contributed by atoms with Gasteiger partial charge in [0.15, 0.2) is 0 Å². The molecular formula is C32H35N3O5.